The van der Waals surface area contributed by atoms with Gasteiger partial charge < -0.3 is 4.74 Å². The largest absolute Gasteiger partial charge is 0.381 e. The van der Waals surface area contributed by atoms with Gasteiger partial charge in [-0.05, 0) is 31.6 Å². The third-order valence-electron chi connectivity index (χ3n) is 4.11. The Balaban J connectivity index is 1.70. The lowest BCUT2D eigenvalue weighted by atomic mass is 9.93. The van der Waals surface area contributed by atoms with Gasteiger partial charge in [0.1, 0.15) is 0 Å². The highest BCUT2D eigenvalue weighted by atomic mass is 32.2. The van der Waals surface area contributed by atoms with Crippen LogP contribution in [0.4, 0.5) is 0 Å². The maximum Gasteiger partial charge on any atom is 0.0469 e. The minimum absolute atomic E-state index is 0.478. The quantitative estimate of drug-likeness (QED) is 0.587. The SMILES string of the molecule is NNC(CSC1CCCCC1)C1CCOCC1. The Kier molecular flexibility index (Phi) is 6.12. The molecule has 3 N–H and O–H groups in total. The second kappa shape index (κ2) is 7.62. The van der Waals surface area contributed by atoms with Gasteiger partial charge in [-0.3, -0.25) is 11.3 Å². The minimum atomic E-state index is 0.478. The number of nitrogens with two attached hydrogens (primary N) is 1. The molecule has 0 radical (unpaired) electrons. The van der Waals surface area contributed by atoms with Gasteiger partial charge in [0.05, 0.1) is 0 Å². The number of ether oxygens (including phenoxy) is 1. The molecule has 2 rings (SSSR count). The van der Waals surface area contributed by atoms with Crippen molar-refractivity contribution in [3.05, 3.63) is 0 Å². The van der Waals surface area contributed by atoms with Crippen molar-refractivity contribution in [2.75, 3.05) is 19.0 Å². The van der Waals surface area contributed by atoms with Crippen LogP contribution in [0.1, 0.15) is 44.9 Å². The molecule has 1 saturated heterocycles. The summed E-state index contributed by atoms with van der Waals surface area (Å²) in [5.41, 5.74) is 3.03. The van der Waals surface area contributed by atoms with Gasteiger partial charge in [0.15, 0.2) is 0 Å². The predicted octanol–water partition coefficient (Wildman–Crippen LogP) is 2.31. The second-order valence-corrected chi connectivity index (χ2v) is 6.65. The third kappa shape index (κ3) is 4.43. The lowest BCUT2D eigenvalue weighted by Gasteiger charge is -2.31. The summed E-state index contributed by atoms with van der Waals surface area (Å²) in [7, 11) is 0. The Labute approximate surface area is 109 Å². The number of nitrogens with one attached hydrogen (secondary N) is 1. The molecule has 4 heteroatoms. The van der Waals surface area contributed by atoms with Gasteiger partial charge in [-0.1, -0.05) is 19.3 Å². The Morgan fingerprint density at radius 2 is 1.82 bits per heavy atom. The molecule has 1 unspecified atom stereocenters. The lowest BCUT2D eigenvalue weighted by molar-refractivity contribution is 0.0566. The number of hydrazine groups is 1. The van der Waals surface area contributed by atoms with Crippen molar-refractivity contribution >= 4 is 11.8 Å². The molecule has 3 nitrogen and oxygen atoms in total. The molecule has 2 aliphatic rings. The molecule has 0 bridgehead atoms. The van der Waals surface area contributed by atoms with Crippen molar-refractivity contribution in [1.29, 1.82) is 0 Å². The van der Waals surface area contributed by atoms with Crippen LogP contribution in [0.2, 0.25) is 0 Å². The maximum absolute atomic E-state index is 5.72. The van der Waals surface area contributed by atoms with E-state index in [2.05, 4.69) is 17.2 Å². The third-order valence-corrected chi connectivity index (χ3v) is 5.61. The maximum atomic E-state index is 5.72. The van der Waals surface area contributed by atoms with Crippen LogP contribution in [0.3, 0.4) is 0 Å². The number of thioether (sulfide) groups is 1. The standard InChI is InChI=1S/C13H26N2OS/c14-15-13(11-6-8-16-9-7-11)10-17-12-4-2-1-3-5-12/h11-13,15H,1-10,14H2. The summed E-state index contributed by atoms with van der Waals surface area (Å²) < 4.78 is 5.41. The fraction of sp³-hybridized carbons (Fsp3) is 1.00. The van der Waals surface area contributed by atoms with Crippen LogP contribution in [0.5, 0.6) is 0 Å². The van der Waals surface area contributed by atoms with E-state index in [1.165, 1.54) is 50.7 Å². The van der Waals surface area contributed by atoms with Crippen LogP contribution < -0.4 is 11.3 Å². The molecule has 100 valence electrons. The van der Waals surface area contributed by atoms with E-state index in [4.69, 9.17) is 10.6 Å². The zero-order chi connectivity index (χ0) is 11.9. The van der Waals surface area contributed by atoms with Gasteiger partial charge in [-0.2, -0.15) is 11.8 Å². The van der Waals surface area contributed by atoms with E-state index in [1.807, 2.05) is 0 Å². The van der Waals surface area contributed by atoms with Crippen molar-refractivity contribution in [2.45, 2.75) is 56.2 Å². The van der Waals surface area contributed by atoms with Gasteiger partial charge in [0.25, 0.3) is 0 Å². The average Bonchev–Trinajstić information content (AvgIpc) is 2.42. The predicted molar refractivity (Wildman–Crippen MR) is 74.0 cm³/mol. The Hall–Kier alpha value is 0.230. The molecule has 0 aromatic heterocycles. The molecular formula is C13H26N2OS. The number of hydrogen-bond donors (Lipinski definition) is 2. The van der Waals surface area contributed by atoms with E-state index in [9.17, 15) is 0 Å². The van der Waals surface area contributed by atoms with Crippen LogP contribution in [0.15, 0.2) is 0 Å². The molecule has 0 aromatic carbocycles. The first-order chi connectivity index (χ1) is 8.40. The highest BCUT2D eigenvalue weighted by Gasteiger charge is 2.24. The van der Waals surface area contributed by atoms with E-state index in [0.717, 1.165) is 18.5 Å². The van der Waals surface area contributed by atoms with Gasteiger partial charge in [-0.15, -0.1) is 0 Å². The molecular weight excluding hydrogens is 232 g/mol. The van der Waals surface area contributed by atoms with Gasteiger partial charge in [0.2, 0.25) is 0 Å². The van der Waals surface area contributed by atoms with E-state index >= 15 is 0 Å². The van der Waals surface area contributed by atoms with Crippen molar-refractivity contribution in [3.63, 3.8) is 0 Å². The average molecular weight is 258 g/mol. The van der Waals surface area contributed by atoms with Crippen LogP contribution in [-0.2, 0) is 4.74 Å². The molecule has 17 heavy (non-hydrogen) atoms. The van der Waals surface area contributed by atoms with E-state index in [1.54, 1.807) is 0 Å². The van der Waals surface area contributed by atoms with Gasteiger partial charge in [0, 0.05) is 30.3 Å². The first kappa shape index (κ1) is 13.7. The molecule has 0 spiro atoms. The second-order valence-electron chi connectivity index (χ2n) is 5.32. The molecule has 1 heterocycles. The van der Waals surface area contributed by atoms with E-state index < -0.39 is 0 Å². The summed E-state index contributed by atoms with van der Waals surface area (Å²) >= 11 is 2.14. The summed E-state index contributed by atoms with van der Waals surface area (Å²) in [6.07, 6.45) is 9.45. The van der Waals surface area contributed by atoms with Crippen molar-refractivity contribution in [1.82, 2.24) is 5.43 Å². The Bertz CT molecular complexity index is 204. The van der Waals surface area contributed by atoms with Crippen LogP contribution in [0, 0.1) is 5.92 Å². The lowest BCUT2D eigenvalue weighted by Crippen LogP contribution is -2.45. The monoisotopic (exact) mass is 258 g/mol. The molecule has 1 aliphatic carbocycles. The normalized spacial score (nSPS) is 25.9. The fourth-order valence-corrected chi connectivity index (χ4v) is 4.42. The first-order valence-electron chi connectivity index (χ1n) is 7.05. The van der Waals surface area contributed by atoms with Crippen LogP contribution in [0.25, 0.3) is 0 Å². The Morgan fingerprint density at radius 1 is 1.12 bits per heavy atom. The van der Waals surface area contributed by atoms with E-state index in [0.29, 0.717) is 12.0 Å². The zero-order valence-corrected chi connectivity index (χ0v) is 11.5. The molecule has 1 saturated carbocycles. The molecule has 0 aromatic rings. The van der Waals surface area contributed by atoms with Gasteiger partial charge >= 0.3 is 0 Å². The summed E-state index contributed by atoms with van der Waals surface area (Å²) in [5.74, 6) is 7.60. The summed E-state index contributed by atoms with van der Waals surface area (Å²) in [6.45, 7) is 1.83. The van der Waals surface area contributed by atoms with Crippen molar-refractivity contribution in [3.8, 4) is 0 Å². The summed E-state index contributed by atoms with van der Waals surface area (Å²) in [4.78, 5) is 0. The van der Waals surface area contributed by atoms with Crippen molar-refractivity contribution < 1.29 is 4.74 Å². The summed E-state index contributed by atoms with van der Waals surface area (Å²) in [5, 5.41) is 0.888. The van der Waals surface area contributed by atoms with E-state index in [-0.39, 0.29) is 0 Å². The zero-order valence-electron chi connectivity index (χ0n) is 10.7. The molecule has 2 fully saturated rings. The Morgan fingerprint density at radius 3 is 2.47 bits per heavy atom. The minimum Gasteiger partial charge on any atom is -0.381 e. The highest BCUT2D eigenvalue weighted by Crippen LogP contribution is 2.30. The molecule has 0 amide bonds. The van der Waals surface area contributed by atoms with Crippen LogP contribution >= 0.6 is 11.8 Å². The smallest absolute Gasteiger partial charge is 0.0469 e. The molecule has 1 atom stereocenters. The van der Waals surface area contributed by atoms with Gasteiger partial charge in [-0.25, -0.2) is 0 Å². The topological polar surface area (TPSA) is 47.3 Å². The fourth-order valence-electron chi connectivity index (χ4n) is 2.91. The summed E-state index contributed by atoms with van der Waals surface area (Å²) in [6, 6.07) is 0.478. The van der Waals surface area contributed by atoms with Crippen LogP contribution in [-0.4, -0.2) is 30.3 Å². The highest BCUT2D eigenvalue weighted by molar-refractivity contribution is 7.99. The first-order valence-corrected chi connectivity index (χ1v) is 8.10. The number of rotatable bonds is 5. The number of hydrogen-bond acceptors (Lipinski definition) is 4. The molecule has 1 aliphatic heterocycles. The van der Waals surface area contributed by atoms with Crippen molar-refractivity contribution in [2.24, 2.45) is 11.8 Å².